The van der Waals surface area contributed by atoms with Gasteiger partial charge in [-0.1, -0.05) is 30.8 Å². The molecule has 1 aromatic carbocycles. The number of rotatable bonds is 3. The first-order chi connectivity index (χ1) is 12.5. The van der Waals surface area contributed by atoms with Gasteiger partial charge in [-0.05, 0) is 32.4 Å². The average Bonchev–Trinajstić information content (AvgIpc) is 2.92. The number of hydrogen-bond acceptors (Lipinski definition) is 5. The summed E-state index contributed by atoms with van der Waals surface area (Å²) in [5, 5.41) is 5.48. The van der Waals surface area contributed by atoms with Crippen LogP contribution in [0.15, 0.2) is 42.9 Å². The fourth-order valence-corrected chi connectivity index (χ4v) is 3.68. The topological polar surface area (TPSA) is 72.9 Å². The van der Waals surface area contributed by atoms with Crippen LogP contribution in [0.2, 0.25) is 0 Å². The smallest absolute Gasteiger partial charge is 0.163 e. The Balaban J connectivity index is 1.83. The Hall–Kier alpha value is -3.15. The third kappa shape index (κ3) is 2.45. The summed E-state index contributed by atoms with van der Waals surface area (Å²) in [7, 11) is 0. The molecule has 0 spiro atoms. The molecule has 0 radical (unpaired) electrons. The largest absolute Gasteiger partial charge is 0.383 e. The number of fused-ring (bicyclic) bond motifs is 2. The molecule has 26 heavy (non-hydrogen) atoms. The highest BCUT2D eigenvalue weighted by molar-refractivity contribution is 5.88. The predicted octanol–water partition coefficient (Wildman–Crippen LogP) is 3.45. The van der Waals surface area contributed by atoms with Gasteiger partial charge in [-0.25, -0.2) is 14.6 Å². The molecule has 0 fully saturated rings. The molecular weight excluding hydrogens is 324 g/mol. The predicted molar refractivity (Wildman–Crippen MR) is 105 cm³/mol. The van der Waals surface area contributed by atoms with Crippen LogP contribution in [0.5, 0.6) is 0 Å². The summed E-state index contributed by atoms with van der Waals surface area (Å²) in [5.74, 6) is 0.465. The van der Waals surface area contributed by atoms with Gasteiger partial charge in [0.25, 0.3) is 0 Å². The summed E-state index contributed by atoms with van der Waals surface area (Å²) in [6, 6.07) is 8.61. The van der Waals surface area contributed by atoms with E-state index >= 15 is 0 Å². The maximum absolute atomic E-state index is 6.02. The summed E-state index contributed by atoms with van der Waals surface area (Å²) in [6.45, 7) is 11.2. The minimum atomic E-state index is 0.282. The van der Waals surface area contributed by atoms with Crippen molar-refractivity contribution in [1.29, 1.82) is 0 Å². The molecule has 0 saturated heterocycles. The molecular formula is C20H22N6. The van der Waals surface area contributed by atoms with Gasteiger partial charge in [-0.2, -0.15) is 5.10 Å². The Morgan fingerprint density at radius 1 is 1.19 bits per heavy atom. The van der Waals surface area contributed by atoms with E-state index in [1.165, 1.54) is 11.9 Å². The highest BCUT2D eigenvalue weighted by atomic mass is 15.3. The number of anilines is 1. The molecule has 0 unspecified atom stereocenters. The van der Waals surface area contributed by atoms with Crippen LogP contribution >= 0.6 is 0 Å². The SMILES string of the molecule is C=C1c2ccccc2C=C(Cn2nc(C)c3c(N)ncnc32)N1C(C)C. The molecule has 2 N–H and O–H groups in total. The molecule has 0 aliphatic carbocycles. The van der Waals surface area contributed by atoms with E-state index in [-0.39, 0.29) is 6.04 Å². The fraction of sp³-hybridized carbons (Fsp3) is 0.250. The van der Waals surface area contributed by atoms with Gasteiger partial charge in [0.1, 0.15) is 12.1 Å². The highest BCUT2D eigenvalue weighted by Crippen LogP contribution is 2.35. The van der Waals surface area contributed by atoms with Crippen LogP contribution in [0, 0.1) is 6.92 Å². The minimum Gasteiger partial charge on any atom is -0.383 e. The van der Waals surface area contributed by atoms with E-state index in [0.717, 1.165) is 33.7 Å². The zero-order valence-electron chi connectivity index (χ0n) is 15.3. The zero-order valence-corrected chi connectivity index (χ0v) is 15.3. The van der Waals surface area contributed by atoms with Crippen molar-refractivity contribution < 1.29 is 0 Å². The van der Waals surface area contributed by atoms with Crippen molar-refractivity contribution in [3.05, 3.63) is 59.7 Å². The van der Waals surface area contributed by atoms with Gasteiger partial charge in [-0.3, -0.25) is 0 Å². The number of nitrogens with zero attached hydrogens (tertiary/aromatic N) is 5. The van der Waals surface area contributed by atoms with E-state index in [9.17, 15) is 0 Å². The van der Waals surface area contributed by atoms with E-state index in [1.54, 1.807) is 0 Å². The van der Waals surface area contributed by atoms with E-state index in [0.29, 0.717) is 12.4 Å². The quantitative estimate of drug-likeness (QED) is 0.786. The molecule has 132 valence electrons. The molecule has 6 nitrogen and oxygen atoms in total. The molecule has 3 heterocycles. The molecule has 3 aromatic rings. The van der Waals surface area contributed by atoms with Crippen LogP contribution in [0.4, 0.5) is 5.82 Å². The Morgan fingerprint density at radius 2 is 1.96 bits per heavy atom. The summed E-state index contributed by atoms with van der Waals surface area (Å²) in [6.07, 6.45) is 3.69. The van der Waals surface area contributed by atoms with Crippen molar-refractivity contribution in [1.82, 2.24) is 24.6 Å². The maximum Gasteiger partial charge on any atom is 0.163 e. The Labute approximate surface area is 152 Å². The second-order valence-electron chi connectivity index (χ2n) is 6.83. The second-order valence-corrected chi connectivity index (χ2v) is 6.83. The minimum absolute atomic E-state index is 0.282. The zero-order chi connectivity index (χ0) is 18.4. The standard InChI is InChI=1S/C20H22N6/c1-12(2)26-14(4)17-8-6-5-7-15(17)9-16(26)10-25-20-18(13(3)24-25)19(21)22-11-23-20/h5-9,11-12H,4,10H2,1-3H3,(H2,21,22,23). The Kier molecular flexibility index (Phi) is 3.76. The van der Waals surface area contributed by atoms with Crippen LogP contribution in [0.3, 0.4) is 0 Å². The van der Waals surface area contributed by atoms with Crippen molar-refractivity contribution in [3.63, 3.8) is 0 Å². The van der Waals surface area contributed by atoms with Crippen molar-refractivity contribution in [2.24, 2.45) is 0 Å². The van der Waals surface area contributed by atoms with E-state index in [4.69, 9.17) is 5.73 Å². The summed E-state index contributed by atoms with van der Waals surface area (Å²) in [5.41, 5.74) is 12.1. The number of nitrogens with two attached hydrogens (primary N) is 1. The molecule has 0 bridgehead atoms. The van der Waals surface area contributed by atoms with Crippen molar-refractivity contribution in [3.8, 4) is 0 Å². The highest BCUT2D eigenvalue weighted by Gasteiger charge is 2.25. The number of hydrogen-bond donors (Lipinski definition) is 1. The molecule has 1 aliphatic rings. The first kappa shape index (κ1) is 16.3. The lowest BCUT2D eigenvalue weighted by atomic mass is 9.97. The van der Waals surface area contributed by atoms with Crippen LogP contribution in [0.25, 0.3) is 22.8 Å². The van der Waals surface area contributed by atoms with Gasteiger partial charge < -0.3 is 10.6 Å². The van der Waals surface area contributed by atoms with Gasteiger partial charge in [-0.15, -0.1) is 0 Å². The molecule has 4 rings (SSSR count). The molecule has 0 saturated carbocycles. The lowest BCUT2D eigenvalue weighted by molar-refractivity contribution is 0.379. The number of nitrogen functional groups attached to an aromatic ring is 1. The lowest BCUT2D eigenvalue weighted by Crippen LogP contribution is -2.32. The van der Waals surface area contributed by atoms with Crippen molar-refractivity contribution >= 4 is 28.6 Å². The lowest BCUT2D eigenvalue weighted by Gasteiger charge is -2.37. The molecule has 2 aromatic heterocycles. The molecule has 0 atom stereocenters. The van der Waals surface area contributed by atoms with Gasteiger partial charge in [0.2, 0.25) is 0 Å². The molecule has 0 amide bonds. The first-order valence-corrected chi connectivity index (χ1v) is 8.69. The average molecular weight is 346 g/mol. The van der Waals surface area contributed by atoms with Gasteiger partial charge in [0, 0.05) is 23.0 Å². The normalized spacial score (nSPS) is 14.1. The van der Waals surface area contributed by atoms with E-state index in [1.807, 2.05) is 23.7 Å². The number of benzene rings is 1. The summed E-state index contributed by atoms with van der Waals surface area (Å²) < 4.78 is 1.89. The summed E-state index contributed by atoms with van der Waals surface area (Å²) >= 11 is 0. The van der Waals surface area contributed by atoms with Gasteiger partial charge in [0.15, 0.2) is 5.65 Å². The van der Waals surface area contributed by atoms with Crippen molar-refractivity contribution in [2.75, 3.05) is 5.73 Å². The number of allylic oxidation sites excluding steroid dienone is 1. The summed E-state index contributed by atoms with van der Waals surface area (Å²) in [4.78, 5) is 10.7. The first-order valence-electron chi connectivity index (χ1n) is 8.69. The van der Waals surface area contributed by atoms with E-state index < -0.39 is 0 Å². The maximum atomic E-state index is 6.02. The van der Waals surface area contributed by atoms with Crippen LogP contribution in [-0.2, 0) is 6.54 Å². The fourth-order valence-electron chi connectivity index (χ4n) is 3.68. The van der Waals surface area contributed by atoms with Gasteiger partial charge >= 0.3 is 0 Å². The van der Waals surface area contributed by atoms with Crippen LogP contribution in [-0.4, -0.2) is 30.7 Å². The third-order valence-corrected chi connectivity index (χ3v) is 4.76. The number of aryl methyl sites for hydroxylation is 1. The Bertz CT molecular complexity index is 1040. The van der Waals surface area contributed by atoms with Crippen molar-refractivity contribution in [2.45, 2.75) is 33.4 Å². The monoisotopic (exact) mass is 346 g/mol. The van der Waals surface area contributed by atoms with Crippen LogP contribution in [0.1, 0.15) is 30.7 Å². The second kappa shape index (κ2) is 5.98. The third-order valence-electron chi connectivity index (χ3n) is 4.76. The van der Waals surface area contributed by atoms with E-state index in [2.05, 4.69) is 58.6 Å². The molecule has 6 heteroatoms. The molecule has 1 aliphatic heterocycles. The van der Waals surface area contributed by atoms with Crippen LogP contribution < -0.4 is 5.73 Å². The van der Waals surface area contributed by atoms with Gasteiger partial charge in [0.05, 0.1) is 17.6 Å². The Morgan fingerprint density at radius 3 is 2.73 bits per heavy atom. The number of aromatic nitrogens is 4.